The zero-order chi connectivity index (χ0) is 11.8. The van der Waals surface area contributed by atoms with Gasteiger partial charge in [0.15, 0.2) is 0 Å². The summed E-state index contributed by atoms with van der Waals surface area (Å²) in [5.41, 5.74) is 0.134. The van der Waals surface area contributed by atoms with Gasteiger partial charge in [-0.3, -0.25) is 10.1 Å². The van der Waals surface area contributed by atoms with Crippen LogP contribution in [0.25, 0.3) is 0 Å². The van der Waals surface area contributed by atoms with E-state index < -0.39 is 0 Å². The SMILES string of the molecule is CC(C)C1NCC(=O)N1C(C)C(C)(C)C. The van der Waals surface area contributed by atoms with Gasteiger partial charge in [0.25, 0.3) is 0 Å². The highest BCUT2D eigenvalue weighted by molar-refractivity contribution is 5.81. The number of carbonyl (C=O) groups is 1. The van der Waals surface area contributed by atoms with Crippen molar-refractivity contribution in [2.75, 3.05) is 6.54 Å². The Bertz CT molecular complexity index is 242. The number of rotatable bonds is 2. The molecule has 3 heteroatoms. The van der Waals surface area contributed by atoms with Crippen LogP contribution >= 0.6 is 0 Å². The van der Waals surface area contributed by atoms with Crippen molar-refractivity contribution < 1.29 is 4.79 Å². The van der Waals surface area contributed by atoms with Crippen molar-refractivity contribution in [1.29, 1.82) is 0 Å². The highest BCUT2D eigenvalue weighted by Gasteiger charge is 2.39. The van der Waals surface area contributed by atoms with Crippen LogP contribution in [0.5, 0.6) is 0 Å². The van der Waals surface area contributed by atoms with E-state index in [1.807, 2.05) is 4.90 Å². The van der Waals surface area contributed by atoms with Gasteiger partial charge in [-0.05, 0) is 18.3 Å². The van der Waals surface area contributed by atoms with Gasteiger partial charge in [-0.2, -0.15) is 0 Å². The summed E-state index contributed by atoms with van der Waals surface area (Å²) in [5, 5.41) is 3.29. The molecule has 1 N–H and O–H groups in total. The van der Waals surface area contributed by atoms with Crippen LogP contribution in [0.3, 0.4) is 0 Å². The van der Waals surface area contributed by atoms with Gasteiger partial charge in [-0.1, -0.05) is 34.6 Å². The molecule has 88 valence electrons. The predicted octanol–water partition coefficient (Wildman–Crippen LogP) is 1.83. The first-order valence-corrected chi connectivity index (χ1v) is 5.79. The van der Waals surface area contributed by atoms with Crippen LogP contribution < -0.4 is 5.32 Å². The van der Waals surface area contributed by atoms with E-state index in [1.165, 1.54) is 0 Å². The summed E-state index contributed by atoms with van der Waals surface area (Å²) in [4.78, 5) is 13.9. The fraction of sp³-hybridized carbons (Fsp3) is 0.917. The van der Waals surface area contributed by atoms with Crippen LogP contribution in [0, 0.1) is 11.3 Å². The first-order valence-electron chi connectivity index (χ1n) is 5.79. The molecular weight excluding hydrogens is 188 g/mol. The van der Waals surface area contributed by atoms with Gasteiger partial charge in [0.1, 0.15) is 0 Å². The molecule has 3 nitrogen and oxygen atoms in total. The molecule has 1 saturated heterocycles. The standard InChI is InChI=1S/C12H24N2O/c1-8(2)11-13-7-10(15)14(11)9(3)12(4,5)6/h8-9,11,13H,7H2,1-6H3. The molecule has 1 fully saturated rings. The minimum absolute atomic E-state index is 0.134. The first-order chi connectivity index (χ1) is 6.75. The Morgan fingerprint density at radius 3 is 2.27 bits per heavy atom. The van der Waals surface area contributed by atoms with E-state index in [0.29, 0.717) is 12.5 Å². The Hall–Kier alpha value is -0.570. The summed E-state index contributed by atoms with van der Waals surface area (Å²) in [6.07, 6.45) is 0.201. The second-order valence-corrected chi connectivity index (χ2v) is 5.91. The van der Waals surface area contributed by atoms with Gasteiger partial charge in [0.2, 0.25) is 5.91 Å². The van der Waals surface area contributed by atoms with Gasteiger partial charge < -0.3 is 4.90 Å². The Balaban J connectivity index is 2.85. The zero-order valence-corrected chi connectivity index (χ0v) is 10.8. The molecule has 1 amide bonds. The maximum atomic E-state index is 11.8. The Morgan fingerprint density at radius 1 is 1.33 bits per heavy atom. The summed E-state index contributed by atoms with van der Waals surface area (Å²) in [5.74, 6) is 0.692. The molecular formula is C12H24N2O. The summed E-state index contributed by atoms with van der Waals surface area (Å²) in [6, 6.07) is 0.271. The van der Waals surface area contributed by atoms with Gasteiger partial charge in [0, 0.05) is 6.04 Å². The number of hydrogen-bond acceptors (Lipinski definition) is 2. The van der Waals surface area contributed by atoms with E-state index in [9.17, 15) is 4.79 Å². The topological polar surface area (TPSA) is 32.3 Å². The predicted molar refractivity (Wildman–Crippen MR) is 62.4 cm³/mol. The van der Waals surface area contributed by atoms with Crippen molar-refractivity contribution in [3.63, 3.8) is 0 Å². The summed E-state index contributed by atoms with van der Waals surface area (Å²) < 4.78 is 0. The lowest BCUT2D eigenvalue weighted by molar-refractivity contribution is -0.133. The van der Waals surface area contributed by atoms with Gasteiger partial charge in [-0.25, -0.2) is 0 Å². The molecule has 2 atom stereocenters. The molecule has 0 radical (unpaired) electrons. The number of amides is 1. The highest BCUT2D eigenvalue weighted by Crippen LogP contribution is 2.28. The second-order valence-electron chi connectivity index (χ2n) is 5.91. The fourth-order valence-electron chi connectivity index (χ4n) is 1.97. The average Bonchev–Trinajstić information content (AvgIpc) is 2.44. The lowest BCUT2D eigenvalue weighted by atomic mass is 9.86. The van der Waals surface area contributed by atoms with Crippen molar-refractivity contribution in [2.24, 2.45) is 11.3 Å². The number of nitrogens with one attached hydrogen (secondary N) is 1. The maximum absolute atomic E-state index is 11.8. The fourth-order valence-corrected chi connectivity index (χ4v) is 1.97. The van der Waals surface area contributed by atoms with Crippen LogP contribution in [0.4, 0.5) is 0 Å². The van der Waals surface area contributed by atoms with Crippen LogP contribution in [0.2, 0.25) is 0 Å². The van der Waals surface area contributed by atoms with Crippen LogP contribution in [-0.2, 0) is 4.79 Å². The van der Waals surface area contributed by atoms with E-state index in [1.54, 1.807) is 0 Å². The van der Waals surface area contributed by atoms with Crippen LogP contribution in [0.1, 0.15) is 41.5 Å². The molecule has 1 aliphatic rings. The van der Waals surface area contributed by atoms with Crippen molar-refractivity contribution in [3.8, 4) is 0 Å². The molecule has 0 aromatic rings. The quantitative estimate of drug-likeness (QED) is 0.757. The lowest BCUT2D eigenvalue weighted by Gasteiger charge is -2.39. The third-order valence-corrected chi connectivity index (χ3v) is 3.35. The van der Waals surface area contributed by atoms with Gasteiger partial charge in [-0.15, -0.1) is 0 Å². The van der Waals surface area contributed by atoms with E-state index in [-0.39, 0.29) is 23.5 Å². The zero-order valence-electron chi connectivity index (χ0n) is 10.8. The molecule has 2 unspecified atom stereocenters. The Labute approximate surface area is 93.2 Å². The molecule has 0 aromatic carbocycles. The van der Waals surface area contributed by atoms with Crippen LogP contribution in [0.15, 0.2) is 0 Å². The molecule has 1 heterocycles. The number of nitrogens with zero attached hydrogens (tertiary/aromatic N) is 1. The van der Waals surface area contributed by atoms with E-state index >= 15 is 0 Å². The molecule has 0 saturated carbocycles. The van der Waals surface area contributed by atoms with Crippen molar-refractivity contribution in [1.82, 2.24) is 10.2 Å². The maximum Gasteiger partial charge on any atom is 0.238 e. The minimum atomic E-state index is 0.134. The Kier molecular flexibility index (Phi) is 3.44. The molecule has 1 aliphatic heterocycles. The average molecular weight is 212 g/mol. The normalized spacial score (nSPS) is 25.1. The van der Waals surface area contributed by atoms with Crippen LogP contribution in [-0.4, -0.2) is 29.6 Å². The molecule has 15 heavy (non-hydrogen) atoms. The van der Waals surface area contributed by atoms with Crippen molar-refractivity contribution >= 4 is 5.91 Å². The number of carbonyl (C=O) groups excluding carboxylic acids is 1. The third-order valence-electron chi connectivity index (χ3n) is 3.35. The molecule has 0 aromatic heterocycles. The van der Waals surface area contributed by atoms with Gasteiger partial charge >= 0.3 is 0 Å². The van der Waals surface area contributed by atoms with Crippen molar-refractivity contribution in [3.05, 3.63) is 0 Å². The minimum Gasteiger partial charge on any atom is -0.323 e. The first kappa shape index (κ1) is 12.5. The largest absolute Gasteiger partial charge is 0.323 e. The number of hydrogen-bond donors (Lipinski definition) is 1. The van der Waals surface area contributed by atoms with Crippen molar-refractivity contribution in [2.45, 2.75) is 53.8 Å². The summed E-state index contributed by atoms with van der Waals surface area (Å²) >= 11 is 0. The molecule has 0 spiro atoms. The summed E-state index contributed by atoms with van der Waals surface area (Å²) in [7, 11) is 0. The second kappa shape index (κ2) is 4.12. The molecule has 1 rings (SSSR count). The monoisotopic (exact) mass is 212 g/mol. The Morgan fingerprint density at radius 2 is 1.87 bits per heavy atom. The summed E-state index contributed by atoms with van der Waals surface area (Å²) in [6.45, 7) is 13.5. The molecule has 0 aliphatic carbocycles. The highest BCUT2D eigenvalue weighted by atomic mass is 16.2. The van der Waals surface area contributed by atoms with E-state index in [0.717, 1.165) is 0 Å². The van der Waals surface area contributed by atoms with Gasteiger partial charge in [0.05, 0.1) is 12.7 Å². The smallest absolute Gasteiger partial charge is 0.238 e. The van der Waals surface area contributed by atoms with E-state index in [4.69, 9.17) is 0 Å². The lowest BCUT2D eigenvalue weighted by Crippen LogP contribution is -2.50. The molecule has 0 bridgehead atoms. The third kappa shape index (κ3) is 2.51. The van der Waals surface area contributed by atoms with E-state index in [2.05, 4.69) is 46.9 Å².